The van der Waals surface area contributed by atoms with E-state index in [0.717, 1.165) is 34.8 Å². The third kappa shape index (κ3) is 4.04. The van der Waals surface area contributed by atoms with E-state index in [1.54, 1.807) is 29.2 Å². The zero-order chi connectivity index (χ0) is 20.4. The van der Waals surface area contributed by atoms with Crippen LogP contribution in [0.25, 0.3) is 11.3 Å². The summed E-state index contributed by atoms with van der Waals surface area (Å²) in [4.78, 5) is 19.5. The Labute approximate surface area is 174 Å². The molecule has 1 aromatic carbocycles. The van der Waals surface area contributed by atoms with Crippen LogP contribution in [0, 0.1) is 6.92 Å². The summed E-state index contributed by atoms with van der Waals surface area (Å²) in [6.45, 7) is 5.36. The second kappa shape index (κ2) is 8.35. The van der Waals surface area contributed by atoms with Gasteiger partial charge in [-0.2, -0.15) is 0 Å². The lowest BCUT2D eigenvalue weighted by Gasteiger charge is -2.33. The van der Waals surface area contributed by atoms with Gasteiger partial charge < -0.3 is 14.2 Å². The van der Waals surface area contributed by atoms with Crippen molar-refractivity contribution in [2.24, 2.45) is 0 Å². The van der Waals surface area contributed by atoms with Gasteiger partial charge in [0.1, 0.15) is 11.9 Å². The highest BCUT2D eigenvalue weighted by Crippen LogP contribution is 2.29. The first-order valence-corrected chi connectivity index (χ1v) is 10.0. The molecule has 1 aliphatic heterocycles. The Bertz CT molecular complexity index is 1030. The van der Waals surface area contributed by atoms with Gasteiger partial charge in [0.05, 0.1) is 35.8 Å². The quantitative estimate of drug-likeness (QED) is 0.633. The third-order valence-electron chi connectivity index (χ3n) is 5.04. The predicted octanol–water partition coefficient (Wildman–Crippen LogP) is 4.47. The topological polar surface area (TPSA) is 68.5 Å². The molecule has 0 N–H and O–H groups in total. The molecule has 0 aliphatic carbocycles. The number of ether oxygens (including phenoxy) is 1. The molecule has 4 rings (SSSR count). The molecule has 3 heterocycles. The molecule has 1 amide bonds. The van der Waals surface area contributed by atoms with E-state index in [0.29, 0.717) is 30.3 Å². The Hall–Kier alpha value is -2.70. The number of nitrogens with zero attached hydrogens (tertiary/aromatic N) is 3. The van der Waals surface area contributed by atoms with Crippen molar-refractivity contribution in [2.45, 2.75) is 26.4 Å². The maximum absolute atomic E-state index is 12.9. The second-order valence-corrected chi connectivity index (χ2v) is 7.42. The van der Waals surface area contributed by atoms with Gasteiger partial charge in [-0.05, 0) is 37.3 Å². The average molecular weight is 412 g/mol. The van der Waals surface area contributed by atoms with Gasteiger partial charge in [0.15, 0.2) is 0 Å². The van der Waals surface area contributed by atoms with Gasteiger partial charge in [-0.3, -0.25) is 4.79 Å². The van der Waals surface area contributed by atoms with E-state index in [9.17, 15) is 4.79 Å². The summed E-state index contributed by atoms with van der Waals surface area (Å²) in [6.07, 6.45) is 0.446. The van der Waals surface area contributed by atoms with Crippen LogP contribution in [0.2, 0.25) is 5.02 Å². The van der Waals surface area contributed by atoms with Crippen molar-refractivity contribution in [1.29, 1.82) is 0 Å². The van der Waals surface area contributed by atoms with Gasteiger partial charge in [0, 0.05) is 23.6 Å². The molecule has 150 valence electrons. The van der Waals surface area contributed by atoms with Crippen LogP contribution >= 0.6 is 11.6 Å². The van der Waals surface area contributed by atoms with E-state index in [2.05, 4.69) is 5.16 Å². The number of halogens is 1. The number of pyridine rings is 1. The fourth-order valence-electron chi connectivity index (χ4n) is 3.57. The number of carbonyl (C=O) groups excluding carboxylic acids is 1. The molecule has 1 aliphatic rings. The highest BCUT2D eigenvalue weighted by molar-refractivity contribution is 6.30. The largest absolute Gasteiger partial charge is 0.368 e. The first kappa shape index (κ1) is 19.6. The van der Waals surface area contributed by atoms with Crippen molar-refractivity contribution in [3.05, 3.63) is 70.2 Å². The Morgan fingerprint density at radius 3 is 2.90 bits per heavy atom. The molecular formula is C22H22ClN3O3. The molecule has 3 aromatic rings. The van der Waals surface area contributed by atoms with E-state index >= 15 is 0 Å². The molecular weight excluding hydrogens is 390 g/mol. The lowest BCUT2D eigenvalue weighted by molar-refractivity contribution is -0.0246. The predicted molar refractivity (Wildman–Crippen MR) is 110 cm³/mol. The highest BCUT2D eigenvalue weighted by Gasteiger charge is 2.27. The molecule has 7 heteroatoms. The number of rotatable bonds is 4. The minimum atomic E-state index is -0.294. The summed E-state index contributed by atoms with van der Waals surface area (Å²) in [5.74, 6) is 0.759. The number of benzene rings is 1. The SMILES string of the molecule is CCc1onc(C)c1-c1cccc([C@@H]2CN(C(=O)c3cccc(Cl)c3)CCO2)n1. The van der Waals surface area contributed by atoms with Crippen molar-refractivity contribution in [3.63, 3.8) is 0 Å². The van der Waals surface area contributed by atoms with E-state index in [-0.39, 0.29) is 12.0 Å². The van der Waals surface area contributed by atoms with E-state index in [4.69, 9.17) is 25.8 Å². The van der Waals surface area contributed by atoms with Gasteiger partial charge in [0.25, 0.3) is 5.91 Å². The van der Waals surface area contributed by atoms with Crippen molar-refractivity contribution in [1.82, 2.24) is 15.0 Å². The molecule has 0 radical (unpaired) electrons. The first-order valence-electron chi connectivity index (χ1n) is 9.65. The third-order valence-corrected chi connectivity index (χ3v) is 5.27. The molecule has 0 bridgehead atoms. The Morgan fingerprint density at radius 2 is 2.10 bits per heavy atom. The van der Waals surface area contributed by atoms with Gasteiger partial charge in [0.2, 0.25) is 0 Å². The Kier molecular flexibility index (Phi) is 5.65. The van der Waals surface area contributed by atoms with E-state index in [1.807, 2.05) is 32.0 Å². The Morgan fingerprint density at radius 1 is 1.28 bits per heavy atom. The second-order valence-electron chi connectivity index (χ2n) is 6.99. The molecule has 0 spiro atoms. The van der Waals surface area contributed by atoms with Crippen molar-refractivity contribution < 1.29 is 14.1 Å². The summed E-state index contributed by atoms with van der Waals surface area (Å²) >= 11 is 6.04. The first-order chi connectivity index (χ1) is 14.1. The van der Waals surface area contributed by atoms with Crippen molar-refractivity contribution in [2.75, 3.05) is 19.7 Å². The lowest BCUT2D eigenvalue weighted by atomic mass is 10.1. The number of amides is 1. The number of morpholine rings is 1. The standard InChI is InChI=1S/C22H22ClN3O3/c1-3-19-21(14(2)25-29-19)18-9-5-8-17(24-18)20-13-26(10-11-28-20)22(27)15-6-4-7-16(23)12-15/h4-9,12,20H,3,10-11,13H2,1-2H3/t20-/m0/s1. The summed E-state index contributed by atoms with van der Waals surface area (Å²) in [5, 5.41) is 4.62. The molecule has 1 saturated heterocycles. The Balaban J connectivity index is 1.57. The van der Waals surface area contributed by atoms with Crippen LogP contribution in [0.4, 0.5) is 0 Å². The van der Waals surface area contributed by atoms with E-state index in [1.165, 1.54) is 0 Å². The van der Waals surface area contributed by atoms with E-state index < -0.39 is 0 Å². The number of carbonyl (C=O) groups is 1. The average Bonchev–Trinajstić information content (AvgIpc) is 3.14. The molecule has 29 heavy (non-hydrogen) atoms. The maximum atomic E-state index is 12.9. The lowest BCUT2D eigenvalue weighted by Crippen LogP contribution is -2.42. The van der Waals surface area contributed by atoms with Crippen LogP contribution in [-0.2, 0) is 11.2 Å². The van der Waals surface area contributed by atoms with Crippen LogP contribution in [0.5, 0.6) is 0 Å². The van der Waals surface area contributed by atoms with Crippen LogP contribution in [0.15, 0.2) is 47.0 Å². The summed E-state index contributed by atoms with van der Waals surface area (Å²) in [6, 6.07) is 12.8. The monoisotopic (exact) mass is 411 g/mol. The molecule has 0 saturated carbocycles. The van der Waals surface area contributed by atoms with Crippen molar-refractivity contribution >= 4 is 17.5 Å². The molecule has 0 unspecified atom stereocenters. The normalized spacial score (nSPS) is 16.8. The summed E-state index contributed by atoms with van der Waals surface area (Å²) in [5.41, 5.74) is 3.91. The highest BCUT2D eigenvalue weighted by atomic mass is 35.5. The number of hydrogen-bond acceptors (Lipinski definition) is 5. The van der Waals surface area contributed by atoms with Gasteiger partial charge in [-0.1, -0.05) is 35.8 Å². The van der Waals surface area contributed by atoms with Gasteiger partial charge in [-0.15, -0.1) is 0 Å². The molecule has 1 fully saturated rings. The smallest absolute Gasteiger partial charge is 0.254 e. The van der Waals surface area contributed by atoms with Crippen LogP contribution in [0.3, 0.4) is 0 Å². The van der Waals surface area contributed by atoms with Gasteiger partial charge in [-0.25, -0.2) is 4.98 Å². The minimum Gasteiger partial charge on any atom is -0.368 e. The van der Waals surface area contributed by atoms with Crippen LogP contribution < -0.4 is 0 Å². The number of hydrogen-bond donors (Lipinski definition) is 0. The maximum Gasteiger partial charge on any atom is 0.254 e. The fraction of sp³-hybridized carbons (Fsp3) is 0.318. The molecule has 1 atom stereocenters. The minimum absolute atomic E-state index is 0.0555. The summed E-state index contributed by atoms with van der Waals surface area (Å²) < 4.78 is 11.3. The van der Waals surface area contributed by atoms with Crippen molar-refractivity contribution in [3.8, 4) is 11.3 Å². The van der Waals surface area contributed by atoms with Crippen LogP contribution in [-0.4, -0.2) is 40.6 Å². The zero-order valence-electron chi connectivity index (χ0n) is 16.4. The summed E-state index contributed by atoms with van der Waals surface area (Å²) in [7, 11) is 0. The number of aromatic nitrogens is 2. The van der Waals surface area contributed by atoms with Crippen LogP contribution in [0.1, 0.15) is 40.5 Å². The zero-order valence-corrected chi connectivity index (χ0v) is 17.1. The fourth-order valence-corrected chi connectivity index (χ4v) is 3.76. The van der Waals surface area contributed by atoms with Gasteiger partial charge >= 0.3 is 0 Å². The molecule has 2 aromatic heterocycles. The molecule has 6 nitrogen and oxygen atoms in total. The number of aryl methyl sites for hydroxylation is 2.